The van der Waals surface area contributed by atoms with Crippen molar-refractivity contribution in [2.75, 3.05) is 32.8 Å². The number of likely N-dealkylation sites (tertiary alicyclic amines) is 1. The lowest BCUT2D eigenvalue weighted by molar-refractivity contribution is 0.299. The molecule has 0 amide bonds. The number of aromatic nitrogens is 1. The third-order valence-electron chi connectivity index (χ3n) is 4.87. The van der Waals surface area contributed by atoms with Crippen molar-refractivity contribution in [2.24, 2.45) is 16.8 Å². The second-order valence-electron chi connectivity index (χ2n) is 6.48. The number of ether oxygens (including phenoxy) is 1. The third-order valence-corrected chi connectivity index (χ3v) is 4.87. The molecule has 5 nitrogen and oxygen atoms in total. The molecule has 0 aromatic carbocycles. The van der Waals surface area contributed by atoms with Gasteiger partial charge in [-0.2, -0.15) is 0 Å². The monoisotopic (exact) mass is 316 g/mol. The highest BCUT2D eigenvalue weighted by molar-refractivity contribution is 5.80. The molecular weight excluding hydrogens is 288 g/mol. The van der Waals surface area contributed by atoms with E-state index in [4.69, 9.17) is 9.73 Å². The Kier molecular flexibility index (Phi) is 5.72. The smallest absolute Gasteiger partial charge is 0.194 e. The lowest BCUT2D eigenvalue weighted by atomic mass is 9.82. The molecule has 1 saturated carbocycles. The molecule has 1 aromatic rings. The van der Waals surface area contributed by atoms with Crippen LogP contribution in [0, 0.1) is 11.8 Å². The van der Waals surface area contributed by atoms with Crippen molar-refractivity contribution < 1.29 is 4.74 Å². The van der Waals surface area contributed by atoms with Gasteiger partial charge in [0, 0.05) is 25.8 Å². The summed E-state index contributed by atoms with van der Waals surface area (Å²) in [5.74, 6) is 3.61. The van der Waals surface area contributed by atoms with Crippen LogP contribution in [-0.4, -0.2) is 48.6 Å². The summed E-state index contributed by atoms with van der Waals surface area (Å²) >= 11 is 0. The molecule has 126 valence electrons. The Labute approximate surface area is 139 Å². The molecule has 0 bridgehead atoms. The number of pyridine rings is 1. The van der Waals surface area contributed by atoms with Gasteiger partial charge in [0.2, 0.25) is 0 Å². The van der Waals surface area contributed by atoms with Crippen LogP contribution in [0.3, 0.4) is 0 Å². The standard InChI is InChI=1S/C18H28N4O/c1-2-20-18(21-10-11-23-17-8-5-9-19-12-17)22-13-15-6-3-4-7-16(15)14-22/h5,8-9,12,15-16H,2-4,6-7,10-11,13-14H2,1H3,(H,20,21). The van der Waals surface area contributed by atoms with E-state index in [1.165, 1.54) is 38.8 Å². The topological polar surface area (TPSA) is 49.8 Å². The summed E-state index contributed by atoms with van der Waals surface area (Å²) < 4.78 is 5.68. The van der Waals surface area contributed by atoms with E-state index in [0.717, 1.165) is 30.1 Å². The van der Waals surface area contributed by atoms with Gasteiger partial charge in [0.05, 0.1) is 12.7 Å². The van der Waals surface area contributed by atoms with Crippen LogP contribution < -0.4 is 10.1 Å². The first-order valence-corrected chi connectivity index (χ1v) is 8.93. The minimum Gasteiger partial charge on any atom is -0.490 e. The van der Waals surface area contributed by atoms with Crippen LogP contribution in [0.4, 0.5) is 0 Å². The Hall–Kier alpha value is -1.78. The van der Waals surface area contributed by atoms with E-state index in [0.29, 0.717) is 13.2 Å². The van der Waals surface area contributed by atoms with Crippen molar-refractivity contribution in [3.63, 3.8) is 0 Å². The summed E-state index contributed by atoms with van der Waals surface area (Å²) in [6, 6.07) is 3.81. The fraction of sp³-hybridized carbons (Fsp3) is 0.667. The zero-order valence-electron chi connectivity index (χ0n) is 14.1. The maximum Gasteiger partial charge on any atom is 0.194 e. The number of hydrogen-bond donors (Lipinski definition) is 1. The highest BCUT2D eigenvalue weighted by Crippen LogP contribution is 2.35. The maximum atomic E-state index is 5.68. The highest BCUT2D eigenvalue weighted by Gasteiger charge is 2.35. The Morgan fingerprint density at radius 2 is 2.13 bits per heavy atom. The quantitative estimate of drug-likeness (QED) is 0.515. The minimum absolute atomic E-state index is 0.585. The fourth-order valence-corrected chi connectivity index (χ4v) is 3.75. The predicted octanol–water partition coefficient (Wildman–Crippen LogP) is 2.55. The number of hydrogen-bond acceptors (Lipinski definition) is 3. The molecule has 2 heterocycles. The van der Waals surface area contributed by atoms with Crippen molar-refractivity contribution in [3.8, 4) is 5.75 Å². The molecule has 2 unspecified atom stereocenters. The minimum atomic E-state index is 0.585. The molecule has 0 radical (unpaired) electrons. The van der Waals surface area contributed by atoms with Gasteiger partial charge in [0.15, 0.2) is 5.96 Å². The number of nitrogens with one attached hydrogen (secondary N) is 1. The van der Waals surface area contributed by atoms with Crippen molar-refractivity contribution in [2.45, 2.75) is 32.6 Å². The summed E-state index contributed by atoms with van der Waals surface area (Å²) in [4.78, 5) is 11.3. The third kappa shape index (κ3) is 4.36. The van der Waals surface area contributed by atoms with Gasteiger partial charge in [0.1, 0.15) is 12.4 Å². The molecule has 1 aromatic heterocycles. The molecule has 5 heteroatoms. The largest absolute Gasteiger partial charge is 0.490 e. The van der Waals surface area contributed by atoms with Gasteiger partial charge < -0.3 is 15.0 Å². The molecule has 1 aliphatic carbocycles. The summed E-state index contributed by atoms with van der Waals surface area (Å²) in [5.41, 5.74) is 0. The van der Waals surface area contributed by atoms with Crippen LogP contribution in [0.2, 0.25) is 0 Å². The Bertz CT molecular complexity index is 491. The summed E-state index contributed by atoms with van der Waals surface area (Å²) in [6.45, 7) is 6.63. The molecule has 1 N–H and O–H groups in total. The van der Waals surface area contributed by atoms with E-state index in [9.17, 15) is 0 Å². The van der Waals surface area contributed by atoms with Crippen molar-refractivity contribution >= 4 is 5.96 Å². The molecule has 1 aliphatic heterocycles. The number of nitrogens with zero attached hydrogens (tertiary/aromatic N) is 3. The van der Waals surface area contributed by atoms with Gasteiger partial charge in [-0.3, -0.25) is 4.98 Å². The maximum absolute atomic E-state index is 5.68. The van der Waals surface area contributed by atoms with Gasteiger partial charge in [-0.05, 0) is 43.7 Å². The second kappa shape index (κ2) is 8.18. The zero-order valence-corrected chi connectivity index (χ0v) is 14.1. The van der Waals surface area contributed by atoms with Crippen molar-refractivity contribution in [1.82, 2.24) is 15.2 Å². The van der Waals surface area contributed by atoms with Gasteiger partial charge in [-0.1, -0.05) is 12.8 Å². The first kappa shape index (κ1) is 16.1. The lowest BCUT2D eigenvalue weighted by Gasteiger charge is -2.22. The van der Waals surface area contributed by atoms with Crippen molar-refractivity contribution in [3.05, 3.63) is 24.5 Å². The van der Waals surface area contributed by atoms with E-state index in [1.54, 1.807) is 12.4 Å². The van der Waals surface area contributed by atoms with E-state index in [2.05, 4.69) is 22.1 Å². The van der Waals surface area contributed by atoms with E-state index >= 15 is 0 Å². The lowest BCUT2D eigenvalue weighted by Crippen LogP contribution is -2.40. The van der Waals surface area contributed by atoms with E-state index in [-0.39, 0.29) is 0 Å². The van der Waals surface area contributed by atoms with E-state index in [1.807, 2.05) is 12.1 Å². The predicted molar refractivity (Wildman–Crippen MR) is 92.7 cm³/mol. The number of guanidine groups is 1. The normalized spacial score (nSPS) is 24.4. The number of rotatable bonds is 5. The zero-order chi connectivity index (χ0) is 15.9. The molecular formula is C18H28N4O. The average molecular weight is 316 g/mol. The molecule has 2 fully saturated rings. The Balaban J connectivity index is 1.51. The molecule has 0 spiro atoms. The van der Waals surface area contributed by atoms with Crippen LogP contribution in [0.15, 0.2) is 29.5 Å². The summed E-state index contributed by atoms with van der Waals surface area (Å²) in [6.07, 6.45) is 9.08. The SMILES string of the molecule is CCNC(=NCCOc1cccnc1)N1CC2CCCCC2C1. The number of fused-ring (bicyclic) bond motifs is 1. The first-order valence-electron chi connectivity index (χ1n) is 8.93. The van der Waals surface area contributed by atoms with Crippen molar-refractivity contribution in [1.29, 1.82) is 0 Å². The summed E-state index contributed by atoms with van der Waals surface area (Å²) in [7, 11) is 0. The van der Waals surface area contributed by atoms with E-state index < -0.39 is 0 Å². The van der Waals surface area contributed by atoms with Gasteiger partial charge >= 0.3 is 0 Å². The van der Waals surface area contributed by atoms with Crippen LogP contribution >= 0.6 is 0 Å². The molecule has 2 atom stereocenters. The van der Waals surface area contributed by atoms with Crippen LogP contribution in [0.5, 0.6) is 5.75 Å². The van der Waals surface area contributed by atoms with Gasteiger partial charge in [0.25, 0.3) is 0 Å². The molecule has 2 aliphatic rings. The average Bonchev–Trinajstić information content (AvgIpc) is 3.02. The fourth-order valence-electron chi connectivity index (χ4n) is 3.75. The van der Waals surface area contributed by atoms with Gasteiger partial charge in [-0.25, -0.2) is 4.99 Å². The first-order chi connectivity index (χ1) is 11.4. The van der Waals surface area contributed by atoms with Crippen LogP contribution in [0.1, 0.15) is 32.6 Å². The summed E-state index contributed by atoms with van der Waals surface area (Å²) in [5, 5.41) is 3.44. The Morgan fingerprint density at radius 1 is 1.35 bits per heavy atom. The molecule has 3 rings (SSSR count). The number of aliphatic imine (C=N–C) groups is 1. The molecule has 1 saturated heterocycles. The van der Waals surface area contributed by atoms with Gasteiger partial charge in [-0.15, -0.1) is 0 Å². The van der Waals surface area contributed by atoms with Crippen LogP contribution in [0.25, 0.3) is 0 Å². The van der Waals surface area contributed by atoms with Crippen LogP contribution in [-0.2, 0) is 0 Å². The Morgan fingerprint density at radius 3 is 2.78 bits per heavy atom. The molecule has 23 heavy (non-hydrogen) atoms. The highest BCUT2D eigenvalue weighted by atomic mass is 16.5. The second-order valence-corrected chi connectivity index (χ2v) is 6.48.